The van der Waals surface area contributed by atoms with E-state index in [1.54, 1.807) is 0 Å². The lowest BCUT2D eigenvalue weighted by Crippen LogP contribution is -2.32. The molecular formula is C15H22O. The molecule has 0 heterocycles. The van der Waals surface area contributed by atoms with E-state index < -0.39 is 5.60 Å². The van der Waals surface area contributed by atoms with E-state index >= 15 is 0 Å². The van der Waals surface area contributed by atoms with Gasteiger partial charge in [-0.25, -0.2) is 0 Å². The number of hydrogen-bond acceptors (Lipinski definition) is 1. The van der Waals surface area contributed by atoms with Gasteiger partial charge in [-0.3, -0.25) is 0 Å². The summed E-state index contributed by atoms with van der Waals surface area (Å²) in [5.74, 6) is 0.763. The van der Waals surface area contributed by atoms with E-state index in [4.69, 9.17) is 0 Å². The second-order valence-corrected chi connectivity index (χ2v) is 5.60. The van der Waals surface area contributed by atoms with Crippen molar-refractivity contribution in [1.29, 1.82) is 0 Å². The molecule has 88 valence electrons. The Balaban J connectivity index is 1.99. The predicted octanol–water partition coefficient (Wildman–Crippen LogP) is 3.48. The van der Waals surface area contributed by atoms with Crippen LogP contribution >= 0.6 is 0 Å². The molecule has 1 nitrogen and oxygen atoms in total. The lowest BCUT2D eigenvalue weighted by molar-refractivity contribution is 0.0203. The summed E-state index contributed by atoms with van der Waals surface area (Å²) in [7, 11) is 0. The van der Waals surface area contributed by atoms with Crippen molar-refractivity contribution in [3.8, 4) is 0 Å². The van der Waals surface area contributed by atoms with Crippen LogP contribution in [0.15, 0.2) is 24.3 Å². The van der Waals surface area contributed by atoms with Gasteiger partial charge < -0.3 is 5.11 Å². The van der Waals surface area contributed by atoms with Crippen LogP contribution in [0.2, 0.25) is 0 Å². The van der Waals surface area contributed by atoms with Crippen LogP contribution in [0.1, 0.15) is 43.7 Å². The van der Waals surface area contributed by atoms with Crippen molar-refractivity contribution < 1.29 is 5.11 Å². The fourth-order valence-corrected chi connectivity index (χ4v) is 2.61. The zero-order chi connectivity index (χ0) is 11.6. The highest BCUT2D eigenvalue weighted by Gasteiger charge is 2.29. The Morgan fingerprint density at radius 3 is 2.56 bits per heavy atom. The minimum absolute atomic E-state index is 0.531. The van der Waals surface area contributed by atoms with E-state index in [0.717, 1.165) is 18.8 Å². The Hall–Kier alpha value is -0.820. The molecule has 1 saturated carbocycles. The van der Waals surface area contributed by atoms with Crippen LogP contribution in [0.3, 0.4) is 0 Å². The fraction of sp³-hybridized carbons (Fsp3) is 0.600. The van der Waals surface area contributed by atoms with E-state index in [0.29, 0.717) is 0 Å². The Kier molecular flexibility index (Phi) is 3.34. The average Bonchev–Trinajstić information content (AvgIpc) is 2.16. The van der Waals surface area contributed by atoms with Gasteiger partial charge in [-0.1, -0.05) is 43.5 Å². The first-order chi connectivity index (χ1) is 7.57. The first-order valence-electron chi connectivity index (χ1n) is 6.34. The van der Waals surface area contributed by atoms with Gasteiger partial charge in [0, 0.05) is 6.42 Å². The number of benzene rings is 1. The third-order valence-electron chi connectivity index (χ3n) is 3.79. The van der Waals surface area contributed by atoms with Gasteiger partial charge in [0.15, 0.2) is 0 Å². The van der Waals surface area contributed by atoms with Gasteiger partial charge in [0.05, 0.1) is 5.60 Å². The fourth-order valence-electron chi connectivity index (χ4n) is 2.61. The first-order valence-corrected chi connectivity index (χ1v) is 6.34. The van der Waals surface area contributed by atoms with E-state index in [2.05, 4.69) is 31.2 Å². The second-order valence-electron chi connectivity index (χ2n) is 5.60. The second kappa shape index (κ2) is 4.58. The molecule has 1 atom stereocenters. The summed E-state index contributed by atoms with van der Waals surface area (Å²) in [4.78, 5) is 0. The molecule has 0 amide bonds. The summed E-state index contributed by atoms with van der Waals surface area (Å²) in [5, 5.41) is 10.4. The van der Waals surface area contributed by atoms with Crippen molar-refractivity contribution >= 4 is 0 Å². The van der Waals surface area contributed by atoms with E-state index in [9.17, 15) is 5.11 Å². The van der Waals surface area contributed by atoms with Crippen molar-refractivity contribution in [2.45, 2.75) is 51.6 Å². The Bertz CT molecular complexity index is 350. The van der Waals surface area contributed by atoms with Gasteiger partial charge >= 0.3 is 0 Å². The van der Waals surface area contributed by atoms with E-state index in [1.165, 1.54) is 30.4 Å². The molecule has 1 aliphatic rings. The van der Waals surface area contributed by atoms with Gasteiger partial charge in [0.1, 0.15) is 0 Å². The smallest absolute Gasteiger partial charge is 0.0662 e. The molecule has 0 saturated heterocycles. The molecule has 0 bridgehead atoms. The molecule has 2 rings (SSSR count). The third kappa shape index (κ3) is 2.85. The van der Waals surface area contributed by atoms with Crippen LogP contribution in [0, 0.1) is 12.8 Å². The summed E-state index contributed by atoms with van der Waals surface area (Å²) in [5.41, 5.74) is 2.04. The van der Waals surface area contributed by atoms with E-state index in [1.807, 2.05) is 6.92 Å². The molecular weight excluding hydrogens is 196 g/mol. The molecule has 0 aromatic heterocycles. The minimum atomic E-state index is -0.531. The minimum Gasteiger partial charge on any atom is -0.390 e. The molecule has 16 heavy (non-hydrogen) atoms. The molecule has 1 N–H and O–H groups in total. The highest BCUT2D eigenvalue weighted by atomic mass is 16.3. The predicted molar refractivity (Wildman–Crippen MR) is 67.5 cm³/mol. The Morgan fingerprint density at radius 1 is 1.31 bits per heavy atom. The lowest BCUT2D eigenvalue weighted by atomic mass is 9.76. The van der Waals surface area contributed by atoms with Crippen LogP contribution in [0.4, 0.5) is 0 Å². The van der Waals surface area contributed by atoms with Crippen molar-refractivity contribution in [2.24, 2.45) is 5.92 Å². The van der Waals surface area contributed by atoms with Gasteiger partial charge in [-0.15, -0.1) is 0 Å². The summed E-state index contributed by atoms with van der Waals surface area (Å²) in [6, 6.07) is 8.36. The quantitative estimate of drug-likeness (QED) is 0.820. The SMILES string of the molecule is Cc1ccccc1CC(C)(O)CC1CCC1. The molecule has 1 aromatic rings. The summed E-state index contributed by atoms with van der Waals surface area (Å²) in [6.45, 7) is 4.10. The zero-order valence-electron chi connectivity index (χ0n) is 10.4. The molecule has 0 radical (unpaired) electrons. The molecule has 0 spiro atoms. The average molecular weight is 218 g/mol. The van der Waals surface area contributed by atoms with Gasteiger partial charge in [0.25, 0.3) is 0 Å². The van der Waals surface area contributed by atoms with Crippen LogP contribution in [0.25, 0.3) is 0 Å². The first kappa shape index (κ1) is 11.7. The molecule has 1 fully saturated rings. The number of rotatable bonds is 4. The standard InChI is InChI=1S/C15H22O/c1-12-6-3-4-9-14(12)11-15(2,16)10-13-7-5-8-13/h3-4,6,9,13,16H,5,7-8,10-11H2,1-2H3. The van der Waals surface area contributed by atoms with Crippen molar-refractivity contribution in [3.63, 3.8) is 0 Å². The number of hydrogen-bond donors (Lipinski definition) is 1. The zero-order valence-corrected chi connectivity index (χ0v) is 10.4. The molecule has 1 aliphatic carbocycles. The van der Waals surface area contributed by atoms with Gasteiger partial charge in [0.2, 0.25) is 0 Å². The number of aryl methyl sites for hydroxylation is 1. The topological polar surface area (TPSA) is 20.2 Å². The maximum atomic E-state index is 10.4. The largest absolute Gasteiger partial charge is 0.390 e. The summed E-state index contributed by atoms with van der Waals surface area (Å²) < 4.78 is 0. The van der Waals surface area contributed by atoms with Crippen molar-refractivity contribution in [3.05, 3.63) is 35.4 Å². The maximum Gasteiger partial charge on any atom is 0.0662 e. The highest BCUT2D eigenvalue weighted by Crippen LogP contribution is 2.35. The van der Waals surface area contributed by atoms with Gasteiger partial charge in [-0.2, -0.15) is 0 Å². The van der Waals surface area contributed by atoms with Crippen molar-refractivity contribution in [2.75, 3.05) is 0 Å². The van der Waals surface area contributed by atoms with E-state index in [-0.39, 0.29) is 0 Å². The molecule has 1 heteroatoms. The summed E-state index contributed by atoms with van der Waals surface area (Å²) in [6.07, 6.45) is 5.72. The molecule has 1 aromatic carbocycles. The van der Waals surface area contributed by atoms with Crippen LogP contribution in [-0.4, -0.2) is 10.7 Å². The lowest BCUT2D eigenvalue weighted by Gasteiger charge is -2.33. The molecule has 1 unspecified atom stereocenters. The van der Waals surface area contributed by atoms with Crippen molar-refractivity contribution in [1.82, 2.24) is 0 Å². The maximum absolute atomic E-state index is 10.4. The Morgan fingerprint density at radius 2 is 2.00 bits per heavy atom. The molecule has 0 aliphatic heterocycles. The van der Waals surface area contributed by atoms with Crippen LogP contribution in [-0.2, 0) is 6.42 Å². The number of aliphatic hydroxyl groups is 1. The summed E-state index contributed by atoms with van der Waals surface area (Å²) >= 11 is 0. The monoisotopic (exact) mass is 218 g/mol. The normalized spacial score (nSPS) is 20.2. The third-order valence-corrected chi connectivity index (χ3v) is 3.79. The van der Waals surface area contributed by atoms with Crippen LogP contribution < -0.4 is 0 Å². The van der Waals surface area contributed by atoms with Crippen LogP contribution in [0.5, 0.6) is 0 Å². The highest BCUT2D eigenvalue weighted by molar-refractivity contribution is 5.26. The Labute approximate surface area is 98.5 Å². The van der Waals surface area contributed by atoms with Gasteiger partial charge in [-0.05, 0) is 37.3 Å².